The topological polar surface area (TPSA) is 83.5 Å². The van der Waals surface area contributed by atoms with Crippen LogP contribution >= 0.6 is 0 Å². The molecule has 2 N–H and O–H groups in total. The van der Waals surface area contributed by atoms with Crippen LogP contribution in [0.2, 0.25) is 0 Å². The zero-order valence-corrected chi connectivity index (χ0v) is 13.5. The maximum absolute atomic E-state index is 13.5. The normalized spacial score (nSPS) is 44.1. The average Bonchev–Trinajstić information content (AvgIpc) is 2.20. The van der Waals surface area contributed by atoms with E-state index >= 15 is 0 Å². The van der Waals surface area contributed by atoms with Crippen LogP contribution in [-0.4, -0.2) is 29.7 Å². The molecular weight excluding hydrogens is 316 g/mol. The highest BCUT2D eigenvalue weighted by Gasteiger charge is 2.62. The number of carbonyl (C=O) groups excluding carboxylic acids is 1. The van der Waals surface area contributed by atoms with Gasteiger partial charge in [-0.2, -0.15) is 17.2 Å². The Hall–Kier alpha value is -0.760. The molecule has 0 aromatic carbocycles. The standard InChI is InChI=1S/C14H21F2NO4S/c1-11-3-9-4-12(2,6-11)8-13(5-9,7-11)17-10(18)14(15,16)22(19,20)21/h9H,3-8H2,1-2H3,(H,17,18)(H,19,20,21). The molecule has 8 heteroatoms. The molecule has 0 aromatic rings. The third-order valence-corrected chi connectivity index (χ3v) is 6.43. The minimum absolute atomic E-state index is 0.00514. The molecule has 4 fully saturated rings. The predicted molar refractivity (Wildman–Crippen MR) is 74.8 cm³/mol. The molecule has 22 heavy (non-hydrogen) atoms. The van der Waals surface area contributed by atoms with Crippen molar-refractivity contribution in [2.75, 3.05) is 0 Å². The van der Waals surface area contributed by atoms with Crippen molar-refractivity contribution < 1.29 is 26.5 Å². The molecule has 0 radical (unpaired) electrons. The van der Waals surface area contributed by atoms with Gasteiger partial charge in [-0.25, -0.2) is 0 Å². The fourth-order valence-electron chi connectivity index (χ4n) is 6.02. The van der Waals surface area contributed by atoms with Crippen molar-refractivity contribution in [3.63, 3.8) is 0 Å². The van der Waals surface area contributed by atoms with E-state index in [0.29, 0.717) is 25.2 Å². The Morgan fingerprint density at radius 2 is 1.64 bits per heavy atom. The van der Waals surface area contributed by atoms with Crippen LogP contribution in [0.15, 0.2) is 0 Å². The summed E-state index contributed by atoms with van der Waals surface area (Å²) in [4.78, 5) is 11.8. The van der Waals surface area contributed by atoms with E-state index in [-0.39, 0.29) is 10.8 Å². The van der Waals surface area contributed by atoms with Gasteiger partial charge in [0, 0.05) is 5.54 Å². The van der Waals surface area contributed by atoms with Crippen LogP contribution in [-0.2, 0) is 14.9 Å². The first-order chi connectivity index (χ1) is 9.78. The predicted octanol–water partition coefficient (Wildman–Crippen LogP) is 2.33. The monoisotopic (exact) mass is 337 g/mol. The molecule has 0 spiro atoms. The first-order valence-corrected chi connectivity index (χ1v) is 8.90. The van der Waals surface area contributed by atoms with Crippen molar-refractivity contribution in [2.24, 2.45) is 16.7 Å². The zero-order valence-electron chi connectivity index (χ0n) is 12.7. The summed E-state index contributed by atoms with van der Waals surface area (Å²) >= 11 is 0. The lowest BCUT2D eigenvalue weighted by Gasteiger charge is -2.65. The number of nitrogens with one attached hydrogen (secondary N) is 1. The maximum atomic E-state index is 13.5. The Balaban J connectivity index is 1.88. The second kappa shape index (κ2) is 4.20. The summed E-state index contributed by atoms with van der Waals surface area (Å²) < 4.78 is 57.2. The molecule has 0 aromatic heterocycles. The van der Waals surface area contributed by atoms with E-state index in [0.717, 1.165) is 19.3 Å². The molecule has 4 aliphatic rings. The van der Waals surface area contributed by atoms with E-state index in [1.807, 2.05) is 0 Å². The van der Waals surface area contributed by atoms with Gasteiger partial charge >= 0.3 is 21.3 Å². The fraction of sp³-hybridized carbons (Fsp3) is 0.929. The summed E-state index contributed by atoms with van der Waals surface area (Å²) in [5, 5.41) is -2.51. The van der Waals surface area contributed by atoms with Crippen molar-refractivity contribution in [1.82, 2.24) is 5.32 Å². The van der Waals surface area contributed by atoms with Gasteiger partial charge in [-0.05, 0) is 55.3 Å². The van der Waals surface area contributed by atoms with E-state index in [9.17, 15) is 22.0 Å². The minimum Gasteiger partial charge on any atom is -0.344 e. The average molecular weight is 337 g/mol. The molecular formula is C14H21F2NO4S. The first-order valence-electron chi connectivity index (χ1n) is 7.46. The summed E-state index contributed by atoms with van der Waals surface area (Å²) in [5.74, 6) is -1.55. The van der Waals surface area contributed by atoms with E-state index < -0.39 is 26.8 Å². The maximum Gasteiger partial charge on any atom is 0.446 e. The third-order valence-electron chi connectivity index (χ3n) is 5.59. The van der Waals surface area contributed by atoms with Crippen LogP contribution in [0.3, 0.4) is 0 Å². The second-order valence-corrected chi connectivity index (χ2v) is 9.82. The smallest absolute Gasteiger partial charge is 0.344 e. The van der Waals surface area contributed by atoms with E-state index in [2.05, 4.69) is 19.2 Å². The third kappa shape index (κ3) is 2.35. The number of rotatable bonds is 3. The molecule has 4 bridgehead atoms. The fourth-order valence-corrected chi connectivity index (χ4v) is 6.30. The van der Waals surface area contributed by atoms with Crippen molar-refractivity contribution in [3.05, 3.63) is 0 Å². The zero-order chi connectivity index (χ0) is 16.6. The van der Waals surface area contributed by atoms with E-state index in [1.54, 1.807) is 0 Å². The van der Waals surface area contributed by atoms with Crippen molar-refractivity contribution >= 4 is 16.0 Å². The van der Waals surface area contributed by atoms with Crippen LogP contribution in [0, 0.1) is 16.7 Å². The van der Waals surface area contributed by atoms with Crippen molar-refractivity contribution in [2.45, 2.75) is 63.2 Å². The largest absolute Gasteiger partial charge is 0.446 e. The number of hydrogen-bond donors (Lipinski definition) is 2. The number of carbonyl (C=O) groups is 1. The SMILES string of the molecule is CC12CC3CC(C)(C1)CC(NC(=O)C(F)(F)S(=O)(=O)O)(C3)C2. The molecule has 4 saturated carbocycles. The minimum atomic E-state index is -5.76. The Bertz CT molecular complexity index is 615. The Labute approximate surface area is 128 Å². The van der Waals surface area contributed by atoms with Gasteiger partial charge < -0.3 is 5.32 Å². The van der Waals surface area contributed by atoms with Gasteiger partial charge in [0.15, 0.2) is 0 Å². The first kappa shape index (κ1) is 16.1. The van der Waals surface area contributed by atoms with Crippen LogP contribution in [0.5, 0.6) is 0 Å². The van der Waals surface area contributed by atoms with E-state index in [4.69, 9.17) is 4.55 Å². The number of alkyl halides is 2. The van der Waals surface area contributed by atoms with Gasteiger partial charge in [-0.15, -0.1) is 0 Å². The quantitative estimate of drug-likeness (QED) is 0.774. The molecule has 4 aliphatic carbocycles. The van der Waals surface area contributed by atoms with Gasteiger partial charge in [0.25, 0.3) is 0 Å². The van der Waals surface area contributed by atoms with Crippen LogP contribution < -0.4 is 5.32 Å². The van der Waals surface area contributed by atoms with E-state index in [1.165, 1.54) is 0 Å². The molecule has 5 nitrogen and oxygen atoms in total. The van der Waals surface area contributed by atoms with Gasteiger partial charge in [0.05, 0.1) is 0 Å². The molecule has 0 heterocycles. The second-order valence-electron chi connectivity index (χ2n) is 8.36. The van der Waals surface area contributed by atoms with Crippen molar-refractivity contribution in [3.8, 4) is 0 Å². The summed E-state index contributed by atoms with van der Waals surface area (Å²) in [5.41, 5.74) is -0.794. The molecule has 126 valence electrons. The summed E-state index contributed by atoms with van der Waals surface area (Å²) in [7, 11) is -5.76. The van der Waals surface area contributed by atoms with Crippen molar-refractivity contribution in [1.29, 1.82) is 0 Å². The van der Waals surface area contributed by atoms with Gasteiger partial charge in [0.1, 0.15) is 0 Å². The Morgan fingerprint density at radius 3 is 2.05 bits per heavy atom. The van der Waals surface area contributed by atoms with Gasteiger partial charge in [0.2, 0.25) is 0 Å². The lowest BCUT2D eigenvalue weighted by Crippen LogP contribution is -2.67. The molecule has 2 unspecified atom stereocenters. The van der Waals surface area contributed by atoms with Crippen LogP contribution in [0.1, 0.15) is 52.4 Å². The highest BCUT2D eigenvalue weighted by Crippen LogP contribution is 2.66. The van der Waals surface area contributed by atoms with Crippen LogP contribution in [0.4, 0.5) is 8.78 Å². The summed E-state index contributed by atoms with van der Waals surface area (Å²) in [6.45, 7) is 4.22. The van der Waals surface area contributed by atoms with Gasteiger partial charge in [-0.3, -0.25) is 9.35 Å². The number of hydrogen-bond acceptors (Lipinski definition) is 3. The molecule has 1 amide bonds. The number of halogens is 2. The number of amides is 1. The Morgan fingerprint density at radius 1 is 1.14 bits per heavy atom. The summed E-state index contributed by atoms with van der Waals surface area (Å²) in [6, 6.07) is 0. The molecule has 0 aliphatic heterocycles. The molecule has 2 atom stereocenters. The summed E-state index contributed by atoms with van der Waals surface area (Å²) in [6.07, 6.45) is 4.82. The lowest BCUT2D eigenvalue weighted by molar-refractivity contribution is -0.151. The molecule has 0 saturated heterocycles. The highest BCUT2D eigenvalue weighted by molar-refractivity contribution is 7.87. The highest BCUT2D eigenvalue weighted by atomic mass is 32.2. The lowest BCUT2D eigenvalue weighted by atomic mass is 9.43. The van der Waals surface area contributed by atoms with Gasteiger partial charge in [-0.1, -0.05) is 13.8 Å². The molecule has 4 rings (SSSR count). The Kier molecular flexibility index (Phi) is 3.08. The van der Waals surface area contributed by atoms with Crippen LogP contribution in [0.25, 0.3) is 0 Å².